The molecule has 0 spiro atoms. The van der Waals surface area contributed by atoms with Crippen LogP contribution in [-0.2, 0) is 4.79 Å². The van der Waals surface area contributed by atoms with Gasteiger partial charge in [-0.1, -0.05) is 0 Å². The normalized spacial score (nSPS) is 31.7. The maximum absolute atomic E-state index is 10.3. The molecule has 1 heterocycles. The summed E-state index contributed by atoms with van der Waals surface area (Å²) in [5.41, 5.74) is 0. The van der Waals surface area contributed by atoms with Gasteiger partial charge < -0.3 is 10.2 Å². The van der Waals surface area contributed by atoms with E-state index in [1.54, 1.807) is 11.8 Å². The fraction of sp³-hybridized carbons (Fsp3) is 0.857. The van der Waals surface area contributed by atoms with Crippen LogP contribution in [0.3, 0.4) is 0 Å². The van der Waals surface area contributed by atoms with Gasteiger partial charge in [0.2, 0.25) is 0 Å². The molecule has 1 saturated heterocycles. The van der Waals surface area contributed by atoms with Crippen molar-refractivity contribution in [1.82, 2.24) is 0 Å². The highest BCUT2D eigenvalue weighted by molar-refractivity contribution is 7.99. The topological polar surface area (TPSA) is 57.5 Å². The molecule has 1 rings (SSSR count). The lowest BCUT2D eigenvalue weighted by atomic mass is 9.96. The molecule has 11 heavy (non-hydrogen) atoms. The number of hydrogen-bond acceptors (Lipinski definition) is 3. The summed E-state index contributed by atoms with van der Waals surface area (Å²) < 4.78 is 0. The van der Waals surface area contributed by atoms with Crippen LogP contribution in [0.15, 0.2) is 0 Å². The Balaban J connectivity index is 2.35. The number of thioether (sulfide) groups is 1. The summed E-state index contributed by atoms with van der Waals surface area (Å²) in [5.74, 6) is 0.849. The van der Waals surface area contributed by atoms with E-state index in [1.165, 1.54) is 0 Å². The number of rotatable bonds is 2. The minimum absolute atomic E-state index is 0.0197. The maximum atomic E-state index is 10.3. The molecule has 1 fully saturated rings. The van der Waals surface area contributed by atoms with E-state index in [0.717, 1.165) is 12.2 Å². The first-order valence-electron chi connectivity index (χ1n) is 3.67. The van der Waals surface area contributed by atoms with Crippen molar-refractivity contribution in [3.8, 4) is 0 Å². The van der Waals surface area contributed by atoms with Crippen molar-refractivity contribution in [1.29, 1.82) is 0 Å². The molecule has 1 aliphatic rings. The molecule has 3 nitrogen and oxygen atoms in total. The largest absolute Gasteiger partial charge is 0.481 e. The average Bonchev–Trinajstić information content (AvgIpc) is 1.93. The highest BCUT2D eigenvalue weighted by Gasteiger charge is 2.25. The Morgan fingerprint density at radius 2 is 2.36 bits per heavy atom. The third kappa shape index (κ3) is 2.71. The Bertz CT molecular complexity index is 149. The Morgan fingerprint density at radius 1 is 1.64 bits per heavy atom. The van der Waals surface area contributed by atoms with E-state index in [9.17, 15) is 9.90 Å². The van der Waals surface area contributed by atoms with Crippen molar-refractivity contribution in [2.24, 2.45) is 5.92 Å². The summed E-state index contributed by atoms with van der Waals surface area (Å²) in [7, 11) is 0. The molecule has 0 bridgehead atoms. The second-order valence-corrected chi connectivity index (χ2v) is 3.94. The van der Waals surface area contributed by atoms with Gasteiger partial charge in [0.25, 0.3) is 0 Å². The maximum Gasteiger partial charge on any atom is 0.303 e. The highest BCUT2D eigenvalue weighted by Crippen LogP contribution is 2.25. The summed E-state index contributed by atoms with van der Waals surface area (Å²) in [6.07, 6.45) is 0.532. The number of carbonyl (C=O) groups is 1. The SMILES string of the molecule is O=C(O)C[C@H]1CCSC[C@@H]1O. The number of aliphatic hydroxyl groups excluding tert-OH is 1. The van der Waals surface area contributed by atoms with E-state index < -0.39 is 12.1 Å². The van der Waals surface area contributed by atoms with Crippen molar-refractivity contribution >= 4 is 17.7 Å². The zero-order valence-corrected chi connectivity index (χ0v) is 7.01. The molecule has 0 unspecified atom stereocenters. The van der Waals surface area contributed by atoms with Gasteiger partial charge in [-0.2, -0.15) is 11.8 Å². The van der Waals surface area contributed by atoms with E-state index in [0.29, 0.717) is 5.75 Å². The zero-order valence-electron chi connectivity index (χ0n) is 6.19. The standard InChI is InChI=1S/C7H12O3S/c8-6-4-11-2-1-5(6)3-7(9)10/h5-6,8H,1-4H2,(H,9,10)/t5-,6+/m1/s1. The second-order valence-electron chi connectivity index (χ2n) is 2.79. The second kappa shape index (κ2) is 3.97. The van der Waals surface area contributed by atoms with Crippen LogP contribution < -0.4 is 0 Å². The van der Waals surface area contributed by atoms with Crippen molar-refractivity contribution in [3.05, 3.63) is 0 Å². The van der Waals surface area contributed by atoms with Gasteiger partial charge in [0.1, 0.15) is 0 Å². The predicted molar refractivity (Wildman–Crippen MR) is 43.7 cm³/mol. The van der Waals surface area contributed by atoms with Gasteiger partial charge in [-0.15, -0.1) is 0 Å². The molecular weight excluding hydrogens is 164 g/mol. The molecule has 0 amide bonds. The lowest BCUT2D eigenvalue weighted by molar-refractivity contribution is -0.139. The fourth-order valence-corrected chi connectivity index (χ4v) is 2.38. The van der Waals surface area contributed by atoms with Gasteiger partial charge in [-0.05, 0) is 18.1 Å². The van der Waals surface area contributed by atoms with Gasteiger partial charge in [-0.3, -0.25) is 4.79 Å². The number of aliphatic hydroxyl groups is 1. The molecule has 0 radical (unpaired) electrons. The molecule has 0 aromatic carbocycles. The number of carboxylic acid groups (broad SMARTS) is 1. The Hall–Kier alpha value is -0.220. The van der Waals surface area contributed by atoms with Crippen molar-refractivity contribution in [2.45, 2.75) is 18.9 Å². The molecule has 64 valence electrons. The molecule has 0 aromatic rings. The average molecular weight is 176 g/mol. The Kier molecular flexibility index (Phi) is 3.20. The van der Waals surface area contributed by atoms with Crippen LogP contribution in [0, 0.1) is 5.92 Å². The van der Waals surface area contributed by atoms with Crippen LogP contribution in [0.2, 0.25) is 0 Å². The van der Waals surface area contributed by atoms with Crippen molar-refractivity contribution in [3.63, 3.8) is 0 Å². The highest BCUT2D eigenvalue weighted by atomic mass is 32.2. The Morgan fingerprint density at radius 3 is 2.91 bits per heavy atom. The van der Waals surface area contributed by atoms with Gasteiger partial charge in [-0.25, -0.2) is 0 Å². The first-order chi connectivity index (χ1) is 5.20. The molecule has 0 aliphatic carbocycles. The summed E-state index contributed by atoms with van der Waals surface area (Å²) in [4.78, 5) is 10.3. The van der Waals surface area contributed by atoms with E-state index in [1.807, 2.05) is 0 Å². The van der Waals surface area contributed by atoms with Crippen molar-refractivity contribution in [2.75, 3.05) is 11.5 Å². The third-order valence-corrected chi connectivity index (χ3v) is 3.00. The molecule has 2 N–H and O–H groups in total. The molecule has 4 heteroatoms. The summed E-state index contributed by atoms with van der Waals surface area (Å²) in [5, 5.41) is 17.8. The third-order valence-electron chi connectivity index (χ3n) is 1.90. The minimum Gasteiger partial charge on any atom is -0.481 e. The van der Waals surface area contributed by atoms with Gasteiger partial charge in [0, 0.05) is 5.75 Å². The molecule has 1 aliphatic heterocycles. The van der Waals surface area contributed by atoms with Crippen LogP contribution in [0.5, 0.6) is 0 Å². The van der Waals surface area contributed by atoms with Crippen LogP contribution >= 0.6 is 11.8 Å². The number of hydrogen-bond donors (Lipinski definition) is 2. The van der Waals surface area contributed by atoms with Gasteiger partial charge >= 0.3 is 5.97 Å². The van der Waals surface area contributed by atoms with E-state index in [-0.39, 0.29) is 12.3 Å². The molecule has 2 atom stereocenters. The first kappa shape index (κ1) is 8.87. The predicted octanol–water partition coefficient (Wildman–Crippen LogP) is 0.575. The first-order valence-corrected chi connectivity index (χ1v) is 4.83. The number of carboxylic acids is 1. The van der Waals surface area contributed by atoms with Crippen molar-refractivity contribution < 1.29 is 15.0 Å². The zero-order chi connectivity index (χ0) is 8.27. The van der Waals surface area contributed by atoms with Crippen LogP contribution in [0.25, 0.3) is 0 Å². The lowest BCUT2D eigenvalue weighted by Crippen LogP contribution is -2.29. The summed E-state index contributed by atoms with van der Waals surface area (Å²) in [6.45, 7) is 0. The minimum atomic E-state index is -0.805. The van der Waals surface area contributed by atoms with Gasteiger partial charge in [0.15, 0.2) is 0 Å². The van der Waals surface area contributed by atoms with E-state index >= 15 is 0 Å². The van der Waals surface area contributed by atoms with E-state index in [2.05, 4.69) is 0 Å². The van der Waals surface area contributed by atoms with Gasteiger partial charge in [0.05, 0.1) is 12.5 Å². The molecular formula is C7H12O3S. The number of aliphatic carboxylic acids is 1. The van der Waals surface area contributed by atoms with Crippen LogP contribution in [0.4, 0.5) is 0 Å². The lowest BCUT2D eigenvalue weighted by Gasteiger charge is -2.25. The van der Waals surface area contributed by atoms with Crippen LogP contribution in [0.1, 0.15) is 12.8 Å². The monoisotopic (exact) mass is 176 g/mol. The molecule has 0 aromatic heterocycles. The van der Waals surface area contributed by atoms with E-state index in [4.69, 9.17) is 5.11 Å². The smallest absolute Gasteiger partial charge is 0.303 e. The summed E-state index contributed by atoms with van der Waals surface area (Å²) >= 11 is 1.69. The summed E-state index contributed by atoms with van der Waals surface area (Å²) in [6, 6.07) is 0. The van der Waals surface area contributed by atoms with Crippen LogP contribution in [-0.4, -0.2) is 33.8 Å². The quantitative estimate of drug-likeness (QED) is 0.646. The Labute approximate surface area is 69.8 Å². The fourth-order valence-electron chi connectivity index (χ4n) is 1.23. The molecule has 0 saturated carbocycles.